The van der Waals surface area contributed by atoms with Gasteiger partial charge in [0.05, 0.1) is 28.9 Å². The molecule has 20 heteroatoms. The molecule has 2 aliphatic heterocycles. The van der Waals surface area contributed by atoms with Crippen LogP contribution in [0.5, 0.6) is 0 Å². The van der Waals surface area contributed by atoms with Crippen molar-refractivity contribution in [1.82, 2.24) is 9.62 Å². The molecule has 0 aromatic heterocycles. The number of benzene rings is 5. The molecule has 0 spiro atoms. The van der Waals surface area contributed by atoms with Gasteiger partial charge in [0.2, 0.25) is 0 Å². The van der Waals surface area contributed by atoms with Crippen LogP contribution in [-0.4, -0.2) is 94.0 Å². The first-order valence-corrected chi connectivity index (χ1v) is 25.3. The zero-order valence-electron chi connectivity index (χ0n) is 35.8. The van der Waals surface area contributed by atoms with Gasteiger partial charge in [0.15, 0.2) is 0 Å². The fourth-order valence-corrected chi connectivity index (χ4v) is 11.4. The summed E-state index contributed by atoms with van der Waals surface area (Å²) >= 11 is 1.40. The van der Waals surface area contributed by atoms with Gasteiger partial charge in [0.1, 0.15) is 4.90 Å². The average molecular weight is 991 g/mol. The molecule has 7 rings (SSSR count). The highest BCUT2D eigenvalue weighted by Crippen LogP contribution is 2.40. The highest BCUT2D eigenvalue weighted by Gasteiger charge is 2.49. The number of sulfonamides is 1. The molecule has 67 heavy (non-hydrogen) atoms. The van der Waals surface area contributed by atoms with Crippen LogP contribution in [0.25, 0.3) is 11.1 Å². The molecule has 2 aliphatic rings. The number of aliphatic hydroxyl groups excluding tert-OH is 2. The van der Waals surface area contributed by atoms with Crippen LogP contribution in [-0.2, 0) is 26.0 Å². The fraction of sp³-hybridized carbons (Fsp3) is 0.340. The molecular weight excluding hydrogens is 943 g/mol. The molecule has 0 radical (unpaired) electrons. The van der Waals surface area contributed by atoms with Crippen LogP contribution in [0.2, 0.25) is 0 Å². The number of hydrogen-bond donors (Lipinski definition) is 4. The van der Waals surface area contributed by atoms with E-state index in [1.807, 2.05) is 44.9 Å². The number of sulfone groups is 1. The molecule has 2 saturated heterocycles. The largest absolute Gasteiger partial charge is 0.501 e. The molecule has 5 aromatic carbocycles. The number of amides is 1. The lowest BCUT2D eigenvalue weighted by atomic mass is 9.84. The summed E-state index contributed by atoms with van der Waals surface area (Å²) in [5.74, 6) is -0.996. The summed E-state index contributed by atoms with van der Waals surface area (Å²) in [4.78, 5) is 16.0. The van der Waals surface area contributed by atoms with Crippen LogP contribution in [0.3, 0.4) is 0 Å². The highest BCUT2D eigenvalue weighted by molar-refractivity contribution is 7.99. The van der Waals surface area contributed by atoms with Gasteiger partial charge in [-0.05, 0) is 115 Å². The first-order chi connectivity index (χ1) is 31.7. The van der Waals surface area contributed by atoms with E-state index in [0.29, 0.717) is 79.6 Å². The number of carbonyl (C=O) groups excluding carboxylic acids is 1. The summed E-state index contributed by atoms with van der Waals surface area (Å²) in [5.41, 5.74) is -4.72. The number of nitrogens with zero attached hydrogens (tertiary/aromatic N) is 2. The molecule has 4 N–H and O–H groups in total. The molecule has 5 aromatic rings. The molecule has 11 nitrogen and oxygen atoms in total. The molecule has 2 heterocycles. The zero-order chi connectivity index (χ0) is 48.1. The van der Waals surface area contributed by atoms with Crippen molar-refractivity contribution in [1.29, 1.82) is 0 Å². The van der Waals surface area contributed by atoms with Gasteiger partial charge in [-0.1, -0.05) is 54.6 Å². The lowest BCUT2D eigenvalue weighted by molar-refractivity contribution is -0.137. The summed E-state index contributed by atoms with van der Waals surface area (Å²) in [5, 5.41) is 23.9. The third kappa shape index (κ3) is 11.8. The minimum absolute atomic E-state index is 0.0407. The Kier molecular flexibility index (Phi) is 15.3. The average Bonchev–Trinajstić information content (AvgIpc) is 3.30. The quantitative estimate of drug-likeness (QED) is 0.0522. The standard InChI is InChI=1S/C47H48F6N4O7S3/c48-46(49,50)34-14-10-31(11-15-34)40-8-4-5-9-41(40)44(59)32-20-23-56(24-21-32)36-16-12-33(13-17-36)45(60)55-67(63,64)39-18-19-42(43(29-39)66(61,62)47(51,52)53)54-35(28-37-22-25-57(37)26-27-58)30-65-38-6-2-1-3-7-38/h1-19,29,32,35,37,44,54,58-59H,20-28,30H2,(H,55,60)/t35-,37?,44+/m1/s1. The number of rotatable bonds is 17. The third-order valence-electron chi connectivity index (χ3n) is 12.1. The van der Waals surface area contributed by atoms with Gasteiger partial charge in [-0.2, -0.15) is 26.3 Å². The lowest BCUT2D eigenvalue weighted by Crippen LogP contribution is -2.51. The Hall–Kier alpha value is -5.12. The van der Waals surface area contributed by atoms with Gasteiger partial charge in [-0.25, -0.2) is 21.6 Å². The van der Waals surface area contributed by atoms with Crippen LogP contribution in [0, 0.1) is 5.92 Å². The first kappa shape index (κ1) is 49.8. The molecule has 1 amide bonds. The fourth-order valence-electron chi connectivity index (χ4n) is 8.40. The van der Waals surface area contributed by atoms with Gasteiger partial charge in [-0.15, -0.1) is 11.8 Å². The number of carbonyl (C=O) groups is 1. The van der Waals surface area contributed by atoms with Gasteiger partial charge in [0.25, 0.3) is 25.8 Å². The van der Waals surface area contributed by atoms with Crippen LogP contribution < -0.4 is 14.9 Å². The number of anilines is 2. The summed E-state index contributed by atoms with van der Waals surface area (Å²) in [6.45, 7) is 2.00. The first-order valence-electron chi connectivity index (χ1n) is 21.4. The maximum absolute atomic E-state index is 14.2. The number of piperidine rings is 1. The Morgan fingerprint density at radius 3 is 2.06 bits per heavy atom. The van der Waals surface area contributed by atoms with Crippen molar-refractivity contribution in [3.63, 3.8) is 0 Å². The van der Waals surface area contributed by atoms with Crippen molar-refractivity contribution in [2.24, 2.45) is 5.92 Å². The Labute approximate surface area is 389 Å². The number of likely N-dealkylation sites (tertiary alicyclic amines) is 1. The Balaban J connectivity index is 1.02. The van der Waals surface area contributed by atoms with Crippen LogP contribution in [0.1, 0.15) is 53.3 Å². The second-order valence-electron chi connectivity index (χ2n) is 16.4. The number of β-amino-alcohol motifs (C(OH)–C–C–N with tert-alkyl or cyclic N) is 1. The lowest BCUT2D eigenvalue weighted by Gasteiger charge is -2.42. The summed E-state index contributed by atoms with van der Waals surface area (Å²) in [6, 6.07) is 28.5. The molecule has 2 fully saturated rings. The molecule has 1 unspecified atom stereocenters. The smallest absolute Gasteiger partial charge is 0.395 e. The van der Waals surface area contributed by atoms with E-state index in [1.54, 1.807) is 36.4 Å². The molecule has 358 valence electrons. The second-order valence-corrected chi connectivity index (χ2v) is 21.1. The van der Waals surface area contributed by atoms with Gasteiger partial charge < -0.3 is 20.4 Å². The summed E-state index contributed by atoms with van der Waals surface area (Å²) in [6.07, 6.45) is -3.17. The van der Waals surface area contributed by atoms with Crippen molar-refractivity contribution < 1.29 is 58.2 Å². The van der Waals surface area contributed by atoms with Crippen molar-refractivity contribution in [3.05, 3.63) is 138 Å². The molecule has 0 bridgehead atoms. The van der Waals surface area contributed by atoms with E-state index < -0.39 is 70.6 Å². The van der Waals surface area contributed by atoms with E-state index in [-0.39, 0.29) is 24.1 Å². The van der Waals surface area contributed by atoms with E-state index in [9.17, 15) is 58.2 Å². The van der Waals surface area contributed by atoms with E-state index in [4.69, 9.17) is 0 Å². The van der Waals surface area contributed by atoms with Gasteiger partial charge >= 0.3 is 11.7 Å². The van der Waals surface area contributed by atoms with Crippen LogP contribution in [0.4, 0.5) is 37.7 Å². The molecular formula is C47H48F6N4O7S3. The Morgan fingerprint density at radius 1 is 0.791 bits per heavy atom. The van der Waals surface area contributed by atoms with Crippen molar-refractivity contribution in [2.75, 3.05) is 48.8 Å². The number of thioether (sulfide) groups is 1. The summed E-state index contributed by atoms with van der Waals surface area (Å²) < 4.78 is 137. The van der Waals surface area contributed by atoms with E-state index in [0.717, 1.165) is 35.6 Å². The third-order valence-corrected chi connectivity index (χ3v) is 16.2. The van der Waals surface area contributed by atoms with E-state index in [1.165, 1.54) is 36.0 Å². The maximum Gasteiger partial charge on any atom is 0.501 e. The topological polar surface area (TPSA) is 156 Å². The molecule has 0 aliphatic carbocycles. The second kappa shape index (κ2) is 20.6. The minimum Gasteiger partial charge on any atom is -0.395 e. The minimum atomic E-state index is -6.12. The Bertz CT molecular complexity index is 2720. The maximum atomic E-state index is 14.2. The van der Waals surface area contributed by atoms with Gasteiger partial charge in [0, 0.05) is 60.2 Å². The SMILES string of the molecule is O=C(NS(=O)(=O)c1ccc(N[C@@H](CSc2ccccc2)CC2CCN2CCO)c(S(=O)(=O)C(F)(F)F)c1)c1ccc(N2CCC([C@H](O)c3ccccc3-c3ccc(C(F)(F)F)cc3)CC2)cc1. The molecule has 0 saturated carbocycles. The summed E-state index contributed by atoms with van der Waals surface area (Å²) in [7, 11) is -11.0. The molecule has 3 atom stereocenters. The number of hydrogen-bond acceptors (Lipinski definition) is 11. The van der Waals surface area contributed by atoms with E-state index >= 15 is 0 Å². The van der Waals surface area contributed by atoms with Crippen LogP contribution >= 0.6 is 11.8 Å². The van der Waals surface area contributed by atoms with E-state index in [2.05, 4.69) is 5.32 Å². The van der Waals surface area contributed by atoms with Gasteiger partial charge in [-0.3, -0.25) is 9.69 Å². The van der Waals surface area contributed by atoms with Crippen molar-refractivity contribution in [2.45, 2.75) is 70.2 Å². The van der Waals surface area contributed by atoms with Crippen molar-refractivity contribution in [3.8, 4) is 11.1 Å². The predicted molar refractivity (Wildman–Crippen MR) is 244 cm³/mol. The zero-order valence-corrected chi connectivity index (χ0v) is 38.2. The number of nitrogens with one attached hydrogen (secondary N) is 2. The number of aliphatic hydroxyl groups is 2. The monoisotopic (exact) mass is 990 g/mol. The number of alkyl halides is 6. The Morgan fingerprint density at radius 2 is 1.45 bits per heavy atom. The number of halogens is 6. The van der Waals surface area contributed by atoms with Crippen molar-refractivity contribution >= 4 is 48.9 Å². The predicted octanol–water partition coefficient (Wildman–Crippen LogP) is 8.76. The normalized spacial score (nSPS) is 17.4. The highest BCUT2D eigenvalue weighted by atomic mass is 32.2. The van der Waals surface area contributed by atoms with Crippen LogP contribution in [0.15, 0.2) is 136 Å².